The highest BCUT2D eigenvalue weighted by Crippen LogP contribution is 2.25. The predicted octanol–water partition coefficient (Wildman–Crippen LogP) is 2.46. The van der Waals surface area contributed by atoms with Gasteiger partial charge < -0.3 is 15.0 Å². The molecule has 116 valence electrons. The second-order valence-electron chi connectivity index (χ2n) is 4.43. The summed E-state index contributed by atoms with van der Waals surface area (Å²) in [4.78, 5) is 3.93. The number of hydrogen-bond acceptors (Lipinski definition) is 5. The maximum absolute atomic E-state index is 12.6. The van der Waals surface area contributed by atoms with Crippen LogP contribution in [0.15, 0.2) is 4.52 Å². The molecule has 1 aromatic heterocycles. The van der Waals surface area contributed by atoms with Crippen LogP contribution in [0.2, 0.25) is 0 Å². The number of nitrogens with zero attached hydrogens (tertiary/aromatic N) is 2. The number of nitrogens with two attached hydrogens (primary N) is 1. The molecule has 0 unspecified atom stereocenters. The average molecular weight is 299 g/mol. The van der Waals surface area contributed by atoms with Crippen molar-refractivity contribution in [1.82, 2.24) is 10.1 Å². The first-order chi connectivity index (χ1) is 9.25. The fourth-order valence-corrected chi connectivity index (χ4v) is 1.41. The smallest absolute Gasteiger partial charge is 0.330 e. The molecule has 0 aromatic carbocycles. The highest BCUT2D eigenvalue weighted by Gasteiger charge is 2.41. The summed E-state index contributed by atoms with van der Waals surface area (Å²) in [5, 5.41) is 3.52. The molecule has 1 heterocycles. The minimum absolute atomic E-state index is 0.0122. The second-order valence-corrected chi connectivity index (χ2v) is 4.43. The Morgan fingerprint density at radius 3 is 2.40 bits per heavy atom. The zero-order valence-corrected chi connectivity index (χ0v) is 11.2. The molecule has 20 heavy (non-hydrogen) atoms. The fourth-order valence-electron chi connectivity index (χ4n) is 1.41. The molecule has 0 saturated heterocycles. The number of halogens is 4. The summed E-state index contributed by atoms with van der Waals surface area (Å²) in [6, 6.07) is 0. The molecule has 0 atom stereocenters. The van der Waals surface area contributed by atoms with Crippen molar-refractivity contribution in [3.05, 3.63) is 11.7 Å². The number of aromatic nitrogens is 2. The van der Waals surface area contributed by atoms with Gasteiger partial charge in [-0.05, 0) is 12.8 Å². The highest BCUT2D eigenvalue weighted by molar-refractivity contribution is 5.00. The Hall–Kier alpha value is -1.22. The summed E-state index contributed by atoms with van der Waals surface area (Å²) in [7, 11) is 0. The molecule has 2 N–H and O–H groups in total. The third-order valence-corrected chi connectivity index (χ3v) is 3.00. The van der Waals surface area contributed by atoms with Crippen molar-refractivity contribution in [2.24, 2.45) is 5.73 Å². The molecule has 0 radical (unpaired) electrons. The van der Waals surface area contributed by atoms with Crippen molar-refractivity contribution in [3.8, 4) is 0 Å². The minimum atomic E-state index is -4.20. The summed E-state index contributed by atoms with van der Waals surface area (Å²) >= 11 is 0. The Morgan fingerprint density at radius 1 is 1.30 bits per heavy atom. The largest absolute Gasteiger partial charge is 0.367 e. The van der Waals surface area contributed by atoms with Gasteiger partial charge in [0.25, 0.3) is 0 Å². The van der Waals surface area contributed by atoms with Gasteiger partial charge in [0, 0.05) is 0 Å². The van der Waals surface area contributed by atoms with Crippen molar-refractivity contribution in [2.45, 2.75) is 51.2 Å². The van der Waals surface area contributed by atoms with Crippen LogP contribution in [0.5, 0.6) is 0 Å². The number of alkyl halides is 4. The van der Waals surface area contributed by atoms with Crippen LogP contribution in [-0.2, 0) is 16.9 Å². The topological polar surface area (TPSA) is 74.2 Å². The van der Waals surface area contributed by atoms with Gasteiger partial charge in [0.05, 0.1) is 5.54 Å². The molecule has 5 nitrogen and oxygen atoms in total. The Bertz CT molecular complexity index is 422. The normalized spacial score (nSPS) is 13.2. The molecule has 0 aliphatic heterocycles. The summed E-state index contributed by atoms with van der Waals surface area (Å²) < 4.78 is 58.4. The van der Waals surface area contributed by atoms with Crippen molar-refractivity contribution < 1.29 is 26.8 Å². The van der Waals surface area contributed by atoms with Crippen molar-refractivity contribution in [1.29, 1.82) is 0 Å². The van der Waals surface area contributed by atoms with Gasteiger partial charge in [-0.25, -0.2) is 8.78 Å². The van der Waals surface area contributed by atoms with E-state index in [4.69, 9.17) is 10.3 Å². The first kappa shape index (κ1) is 16.8. The molecule has 0 fully saturated rings. The van der Waals surface area contributed by atoms with Crippen molar-refractivity contribution >= 4 is 0 Å². The van der Waals surface area contributed by atoms with Crippen LogP contribution in [0.4, 0.5) is 17.6 Å². The predicted molar refractivity (Wildman–Crippen MR) is 61.4 cm³/mol. The number of ether oxygens (including phenoxy) is 1. The third-order valence-electron chi connectivity index (χ3n) is 3.00. The first-order valence-corrected chi connectivity index (χ1v) is 6.11. The van der Waals surface area contributed by atoms with Crippen LogP contribution in [0.1, 0.15) is 38.4 Å². The molecule has 1 rings (SSSR count). The third kappa shape index (κ3) is 3.89. The number of hydrogen-bond donors (Lipinski definition) is 1. The maximum Gasteiger partial charge on any atom is 0.330 e. The SMILES string of the molecule is CCC(N)(CC)c1nc(COCC(F)(F)C(F)F)no1. The molecule has 1 aromatic rings. The molecule has 9 heteroatoms. The van der Waals surface area contributed by atoms with E-state index in [9.17, 15) is 17.6 Å². The standard InChI is InChI=1S/C11H17F4N3O2/c1-3-10(16,4-2)9-17-7(18-20-9)5-19-6-11(14,15)8(12)13/h8H,3-6,16H2,1-2H3. The lowest BCUT2D eigenvalue weighted by Crippen LogP contribution is -2.35. The lowest BCUT2D eigenvalue weighted by Gasteiger charge is -2.20. The van der Waals surface area contributed by atoms with Gasteiger partial charge in [0.1, 0.15) is 13.2 Å². The molecule has 0 aliphatic rings. The van der Waals surface area contributed by atoms with Crippen molar-refractivity contribution in [3.63, 3.8) is 0 Å². The first-order valence-electron chi connectivity index (χ1n) is 6.11. The van der Waals surface area contributed by atoms with Gasteiger partial charge >= 0.3 is 12.3 Å². The Labute approximate surface area is 113 Å². The van der Waals surface area contributed by atoms with Gasteiger partial charge in [-0.1, -0.05) is 19.0 Å². The molecule has 0 spiro atoms. The van der Waals surface area contributed by atoms with Crippen molar-refractivity contribution in [2.75, 3.05) is 6.61 Å². The van der Waals surface area contributed by atoms with Gasteiger partial charge in [-0.3, -0.25) is 0 Å². The van der Waals surface area contributed by atoms with Gasteiger partial charge in [-0.15, -0.1) is 0 Å². The fraction of sp³-hybridized carbons (Fsp3) is 0.818. The van der Waals surface area contributed by atoms with Crippen LogP contribution >= 0.6 is 0 Å². The summed E-state index contributed by atoms with van der Waals surface area (Å²) in [6.45, 7) is 1.82. The minimum Gasteiger partial charge on any atom is -0.367 e. The van der Waals surface area contributed by atoms with E-state index in [1.165, 1.54) is 0 Å². The average Bonchev–Trinajstić information content (AvgIpc) is 2.86. The second kappa shape index (κ2) is 6.49. The van der Waals surface area contributed by atoms with E-state index in [1.54, 1.807) is 0 Å². The molecule has 0 saturated carbocycles. The quantitative estimate of drug-likeness (QED) is 0.746. The lowest BCUT2D eigenvalue weighted by molar-refractivity contribution is -0.168. The Morgan fingerprint density at radius 2 is 1.90 bits per heavy atom. The van der Waals surface area contributed by atoms with Crippen LogP contribution in [0, 0.1) is 0 Å². The summed E-state index contributed by atoms with van der Waals surface area (Å²) in [5.74, 6) is -4.04. The monoisotopic (exact) mass is 299 g/mol. The van der Waals surface area contributed by atoms with E-state index in [1.807, 2.05) is 13.8 Å². The lowest BCUT2D eigenvalue weighted by atomic mass is 9.94. The van der Waals surface area contributed by atoms with Crippen LogP contribution in [0.25, 0.3) is 0 Å². The van der Waals surface area contributed by atoms with Gasteiger partial charge in [-0.2, -0.15) is 13.8 Å². The zero-order chi connectivity index (χ0) is 15.4. The molecule has 0 bridgehead atoms. The van der Waals surface area contributed by atoms with E-state index in [0.29, 0.717) is 12.8 Å². The zero-order valence-electron chi connectivity index (χ0n) is 11.2. The van der Waals surface area contributed by atoms with E-state index in [2.05, 4.69) is 14.9 Å². The molecular formula is C11H17F4N3O2. The van der Waals surface area contributed by atoms with Crippen LogP contribution < -0.4 is 5.73 Å². The summed E-state index contributed by atoms with van der Waals surface area (Å²) in [6.07, 6.45) is -2.68. The van der Waals surface area contributed by atoms with E-state index in [0.717, 1.165) is 0 Å². The molecular weight excluding hydrogens is 282 g/mol. The molecule has 0 aliphatic carbocycles. The maximum atomic E-state index is 12.6. The number of rotatable bonds is 8. The Kier molecular flexibility index (Phi) is 5.46. The Balaban J connectivity index is 2.58. The highest BCUT2D eigenvalue weighted by atomic mass is 19.3. The van der Waals surface area contributed by atoms with E-state index >= 15 is 0 Å². The van der Waals surface area contributed by atoms with Crippen LogP contribution in [-0.4, -0.2) is 29.1 Å². The van der Waals surface area contributed by atoms with E-state index < -0.39 is 31.1 Å². The molecule has 0 amide bonds. The van der Waals surface area contributed by atoms with Gasteiger partial charge in [0.15, 0.2) is 5.82 Å². The van der Waals surface area contributed by atoms with Crippen LogP contribution in [0.3, 0.4) is 0 Å². The van der Waals surface area contributed by atoms with E-state index in [-0.39, 0.29) is 11.7 Å². The van der Waals surface area contributed by atoms with Gasteiger partial charge in [0.2, 0.25) is 5.89 Å². The summed E-state index contributed by atoms with van der Waals surface area (Å²) in [5.41, 5.74) is 5.22.